The van der Waals surface area contributed by atoms with E-state index in [-0.39, 0.29) is 5.91 Å². The third kappa shape index (κ3) is 4.66. The minimum atomic E-state index is -0.677. The van der Waals surface area contributed by atoms with Gasteiger partial charge in [0.25, 0.3) is 0 Å². The van der Waals surface area contributed by atoms with Crippen LogP contribution < -0.4 is 5.73 Å². The summed E-state index contributed by atoms with van der Waals surface area (Å²) in [6.07, 6.45) is 1.41. The second-order valence-electron chi connectivity index (χ2n) is 4.79. The zero-order valence-corrected chi connectivity index (χ0v) is 13.5. The second-order valence-corrected chi connectivity index (χ2v) is 5.71. The molecule has 0 spiro atoms. The molecule has 20 heavy (non-hydrogen) atoms. The first-order chi connectivity index (χ1) is 9.50. The molecular formula is C16H20BrNO2. The standard InChI is InChI=1S/C16H20BrNO2/c1-3-4-10-20-11-6-9-16(2,15(18)19)13-7-5-8-14(17)12-13/h5,7-8,12H,6,9-11H2,1-2H3,(H2,18,19). The average molecular weight is 338 g/mol. The van der Waals surface area contributed by atoms with Gasteiger partial charge in [0.15, 0.2) is 0 Å². The first-order valence-corrected chi connectivity index (χ1v) is 7.33. The van der Waals surface area contributed by atoms with Crippen LogP contribution in [0.5, 0.6) is 0 Å². The summed E-state index contributed by atoms with van der Waals surface area (Å²) in [5, 5.41) is 0. The van der Waals surface area contributed by atoms with Crippen LogP contribution in [0.15, 0.2) is 28.7 Å². The highest BCUT2D eigenvalue weighted by molar-refractivity contribution is 9.10. The van der Waals surface area contributed by atoms with Crippen LogP contribution in [0.4, 0.5) is 0 Å². The predicted octanol–water partition coefficient (Wildman–Crippen LogP) is 3.01. The number of hydrogen-bond donors (Lipinski definition) is 1. The zero-order chi connectivity index (χ0) is 15.0. The van der Waals surface area contributed by atoms with Crippen LogP contribution in [0, 0.1) is 11.8 Å². The van der Waals surface area contributed by atoms with Gasteiger partial charge in [0.2, 0.25) is 5.91 Å². The lowest BCUT2D eigenvalue weighted by Gasteiger charge is -2.26. The molecule has 4 heteroatoms. The first-order valence-electron chi connectivity index (χ1n) is 6.54. The van der Waals surface area contributed by atoms with Crippen LogP contribution >= 0.6 is 15.9 Å². The number of rotatable bonds is 7. The Bertz CT molecular complexity index is 519. The molecule has 2 N–H and O–H groups in total. The first kappa shape index (κ1) is 16.7. The fourth-order valence-electron chi connectivity index (χ4n) is 1.96. The fraction of sp³-hybridized carbons (Fsp3) is 0.438. The van der Waals surface area contributed by atoms with Crippen LogP contribution in [-0.4, -0.2) is 19.1 Å². The summed E-state index contributed by atoms with van der Waals surface area (Å²) in [7, 11) is 0. The highest BCUT2D eigenvalue weighted by Crippen LogP contribution is 2.30. The number of amides is 1. The van der Waals surface area contributed by atoms with E-state index in [1.807, 2.05) is 31.2 Å². The number of carbonyl (C=O) groups excluding carboxylic acids is 1. The summed E-state index contributed by atoms with van der Waals surface area (Å²) in [6.45, 7) is 4.66. The van der Waals surface area contributed by atoms with E-state index in [1.54, 1.807) is 6.92 Å². The molecule has 1 unspecified atom stereocenters. The molecule has 108 valence electrons. The molecule has 0 saturated carbocycles. The molecule has 1 aromatic rings. The van der Waals surface area contributed by atoms with E-state index in [1.165, 1.54) is 0 Å². The second kappa shape index (κ2) is 8.08. The van der Waals surface area contributed by atoms with Crippen LogP contribution in [0.25, 0.3) is 0 Å². The van der Waals surface area contributed by atoms with Gasteiger partial charge in [0.1, 0.15) is 6.61 Å². The van der Waals surface area contributed by atoms with Gasteiger partial charge in [-0.3, -0.25) is 4.79 Å². The molecule has 0 bridgehead atoms. The van der Waals surface area contributed by atoms with Gasteiger partial charge >= 0.3 is 0 Å². The molecule has 0 fully saturated rings. The van der Waals surface area contributed by atoms with Crippen molar-refractivity contribution in [2.75, 3.05) is 13.2 Å². The predicted molar refractivity (Wildman–Crippen MR) is 84.2 cm³/mol. The van der Waals surface area contributed by atoms with Crippen molar-refractivity contribution < 1.29 is 9.53 Å². The number of benzene rings is 1. The molecule has 0 aliphatic heterocycles. The van der Waals surface area contributed by atoms with Gasteiger partial charge in [-0.25, -0.2) is 0 Å². The molecule has 0 heterocycles. The number of primary amides is 1. The Morgan fingerprint density at radius 2 is 2.25 bits per heavy atom. The van der Waals surface area contributed by atoms with Crippen molar-refractivity contribution in [3.63, 3.8) is 0 Å². The molecule has 0 saturated heterocycles. The summed E-state index contributed by atoms with van der Waals surface area (Å²) in [5.74, 6) is 5.29. The van der Waals surface area contributed by atoms with Gasteiger partial charge in [-0.2, -0.15) is 0 Å². The molecular weight excluding hydrogens is 318 g/mol. The molecule has 3 nitrogen and oxygen atoms in total. The monoisotopic (exact) mass is 337 g/mol. The van der Waals surface area contributed by atoms with Gasteiger partial charge < -0.3 is 10.5 Å². The lowest BCUT2D eigenvalue weighted by atomic mass is 9.78. The summed E-state index contributed by atoms with van der Waals surface area (Å²) in [4.78, 5) is 11.8. The van der Waals surface area contributed by atoms with Gasteiger partial charge in [-0.1, -0.05) is 34.0 Å². The molecule has 0 aliphatic carbocycles. The average Bonchev–Trinajstić information content (AvgIpc) is 2.42. The van der Waals surface area contributed by atoms with E-state index in [0.717, 1.165) is 16.5 Å². The maximum absolute atomic E-state index is 11.8. The van der Waals surface area contributed by atoms with E-state index >= 15 is 0 Å². The smallest absolute Gasteiger partial charge is 0.227 e. The van der Waals surface area contributed by atoms with E-state index in [4.69, 9.17) is 10.5 Å². The van der Waals surface area contributed by atoms with Gasteiger partial charge in [-0.15, -0.1) is 5.92 Å². The molecule has 1 atom stereocenters. The quantitative estimate of drug-likeness (QED) is 0.614. The molecule has 0 aliphatic rings. The number of hydrogen-bond acceptors (Lipinski definition) is 2. The van der Waals surface area contributed by atoms with Gasteiger partial charge in [-0.05, 0) is 44.4 Å². The Balaban J connectivity index is 2.67. The van der Waals surface area contributed by atoms with Crippen LogP contribution in [0.3, 0.4) is 0 Å². The summed E-state index contributed by atoms with van der Waals surface area (Å²) in [6, 6.07) is 7.71. The Labute approximate surface area is 129 Å². The van der Waals surface area contributed by atoms with Crippen molar-refractivity contribution in [2.24, 2.45) is 5.73 Å². The third-order valence-electron chi connectivity index (χ3n) is 3.32. The van der Waals surface area contributed by atoms with Crippen molar-refractivity contribution in [3.05, 3.63) is 34.3 Å². The molecule has 1 amide bonds. The third-order valence-corrected chi connectivity index (χ3v) is 3.82. The topological polar surface area (TPSA) is 52.3 Å². The SMILES string of the molecule is CC#CCOCCCC(C)(C(N)=O)c1cccc(Br)c1. The minimum absolute atomic E-state index is 0.316. The highest BCUT2D eigenvalue weighted by atomic mass is 79.9. The Morgan fingerprint density at radius 3 is 2.85 bits per heavy atom. The Morgan fingerprint density at radius 1 is 1.50 bits per heavy atom. The number of nitrogens with two attached hydrogens (primary N) is 1. The number of halogens is 1. The lowest BCUT2D eigenvalue weighted by Crippen LogP contribution is -2.38. The Hall–Kier alpha value is -1.31. The number of carbonyl (C=O) groups is 1. The van der Waals surface area contributed by atoms with Crippen LogP contribution in [-0.2, 0) is 14.9 Å². The van der Waals surface area contributed by atoms with Gasteiger partial charge in [0, 0.05) is 11.1 Å². The van der Waals surface area contributed by atoms with Crippen molar-refractivity contribution in [3.8, 4) is 11.8 Å². The van der Waals surface area contributed by atoms with Crippen molar-refractivity contribution >= 4 is 21.8 Å². The molecule has 0 aromatic heterocycles. The lowest BCUT2D eigenvalue weighted by molar-refractivity contribution is -0.123. The zero-order valence-electron chi connectivity index (χ0n) is 11.9. The summed E-state index contributed by atoms with van der Waals surface area (Å²) < 4.78 is 6.32. The van der Waals surface area contributed by atoms with E-state index in [0.29, 0.717) is 19.6 Å². The highest BCUT2D eigenvalue weighted by Gasteiger charge is 2.32. The van der Waals surface area contributed by atoms with E-state index < -0.39 is 5.41 Å². The van der Waals surface area contributed by atoms with E-state index in [2.05, 4.69) is 27.8 Å². The maximum Gasteiger partial charge on any atom is 0.227 e. The van der Waals surface area contributed by atoms with Crippen molar-refractivity contribution in [1.29, 1.82) is 0 Å². The summed E-state index contributed by atoms with van der Waals surface area (Å²) >= 11 is 3.42. The summed E-state index contributed by atoms with van der Waals surface area (Å²) in [5.41, 5.74) is 5.84. The van der Waals surface area contributed by atoms with E-state index in [9.17, 15) is 4.79 Å². The van der Waals surface area contributed by atoms with Crippen molar-refractivity contribution in [2.45, 2.75) is 32.1 Å². The normalized spacial score (nSPS) is 13.2. The van der Waals surface area contributed by atoms with Crippen molar-refractivity contribution in [1.82, 2.24) is 0 Å². The van der Waals surface area contributed by atoms with Gasteiger partial charge in [0.05, 0.1) is 5.41 Å². The fourth-order valence-corrected chi connectivity index (χ4v) is 2.36. The number of ether oxygens (including phenoxy) is 1. The Kier molecular flexibility index (Phi) is 6.77. The molecule has 1 rings (SSSR count). The minimum Gasteiger partial charge on any atom is -0.369 e. The maximum atomic E-state index is 11.8. The molecule has 0 radical (unpaired) electrons. The molecule has 1 aromatic carbocycles. The van der Waals surface area contributed by atoms with Crippen LogP contribution in [0.1, 0.15) is 32.3 Å². The largest absolute Gasteiger partial charge is 0.369 e. The van der Waals surface area contributed by atoms with Crippen LogP contribution in [0.2, 0.25) is 0 Å².